The summed E-state index contributed by atoms with van der Waals surface area (Å²) >= 11 is 0. The number of hydrogen-bond donors (Lipinski definition) is 0. The van der Waals surface area contributed by atoms with Crippen molar-refractivity contribution in [3.8, 4) is 50.2 Å². The van der Waals surface area contributed by atoms with E-state index in [4.69, 9.17) is 4.42 Å². The van der Waals surface area contributed by atoms with Gasteiger partial charge in [-0.1, -0.05) is 182 Å². The highest BCUT2D eigenvalue weighted by Crippen LogP contribution is 2.48. The monoisotopic (exact) mass is 854 g/mol. The van der Waals surface area contributed by atoms with E-state index in [2.05, 4.69) is 252 Å². The molecule has 0 aliphatic rings. The molecular weight excluding hydrogens is 813 g/mol. The van der Waals surface area contributed by atoms with E-state index < -0.39 is 0 Å². The van der Waals surface area contributed by atoms with Gasteiger partial charge in [-0.05, 0) is 117 Å². The molecule has 314 valence electrons. The topological polar surface area (TPSA) is 21.3 Å². The van der Waals surface area contributed by atoms with E-state index in [1.54, 1.807) is 0 Å². The molecular formula is C64H42N2O. The molecule has 0 spiro atoms. The minimum Gasteiger partial charge on any atom is -0.456 e. The van der Waals surface area contributed by atoms with E-state index in [0.29, 0.717) is 0 Å². The lowest BCUT2D eigenvalue weighted by atomic mass is 9.90. The summed E-state index contributed by atoms with van der Waals surface area (Å²) in [7, 11) is 0. The SMILES string of the molecule is c1ccc(-c2cccc3cccc(-c4ccccc4N(c4ccc(-c5ccc6c(c5)oc5ccccc56)cc4)c4ccccc4-c4ccc5c(c4)c4ccccc4n5-c4ccccc4)c23)cc1. The van der Waals surface area contributed by atoms with Crippen LogP contribution in [0.3, 0.4) is 0 Å². The smallest absolute Gasteiger partial charge is 0.136 e. The Bertz CT molecular complexity index is 3970. The van der Waals surface area contributed by atoms with Gasteiger partial charge in [-0.25, -0.2) is 0 Å². The van der Waals surface area contributed by atoms with Crippen molar-refractivity contribution in [3.63, 3.8) is 0 Å². The van der Waals surface area contributed by atoms with Crippen LogP contribution < -0.4 is 4.90 Å². The molecule has 0 radical (unpaired) electrons. The standard InChI is InChI=1S/C64H42N2O/c1-3-17-44(18-4-1)51-27-15-19-45-20-16-28-56(64(45)51)52-24-8-12-30-59(52)66(49-37-33-43(34-38-49)46-35-39-55-54-26-10-14-32-62(54)67-63(55)42-46)58-29-11-7-23-50(58)47-36-40-61-57(41-47)53-25-9-13-31-60(53)65(61)48-21-5-2-6-22-48/h1-42H. The first kappa shape index (κ1) is 38.5. The normalized spacial score (nSPS) is 11.6. The van der Waals surface area contributed by atoms with Gasteiger partial charge in [0, 0.05) is 44.0 Å². The van der Waals surface area contributed by atoms with Crippen LogP contribution in [-0.4, -0.2) is 4.57 Å². The number of aromatic nitrogens is 1. The van der Waals surface area contributed by atoms with E-state index in [1.165, 1.54) is 49.3 Å². The summed E-state index contributed by atoms with van der Waals surface area (Å²) in [5.41, 5.74) is 17.8. The number of fused-ring (bicyclic) bond motifs is 7. The molecule has 3 heteroatoms. The molecule has 0 aliphatic heterocycles. The first-order valence-electron chi connectivity index (χ1n) is 22.9. The van der Waals surface area contributed by atoms with Crippen LogP contribution in [0.5, 0.6) is 0 Å². The van der Waals surface area contributed by atoms with Gasteiger partial charge in [0.05, 0.1) is 22.4 Å². The van der Waals surface area contributed by atoms with Crippen molar-refractivity contribution in [1.29, 1.82) is 0 Å². The first-order chi connectivity index (χ1) is 33.2. The van der Waals surface area contributed by atoms with Crippen LogP contribution in [0.2, 0.25) is 0 Å². The lowest BCUT2D eigenvalue weighted by Crippen LogP contribution is -2.12. The number of nitrogens with zero attached hydrogens (tertiary/aromatic N) is 2. The highest BCUT2D eigenvalue weighted by Gasteiger charge is 2.23. The molecule has 11 aromatic carbocycles. The van der Waals surface area contributed by atoms with Crippen molar-refractivity contribution in [3.05, 3.63) is 255 Å². The zero-order valence-corrected chi connectivity index (χ0v) is 36.6. The summed E-state index contributed by atoms with van der Waals surface area (Å²) in [5.74, 6) is 0. The van der Waals surface area contributed by atoms with Crippen molar-refractivity contribution in [2.75, 3.05) is 4.90 Å². The summed E-state index contributed by atoms with van der Waals surface area (Å²) in [4.78, 5) is 2.46. The van der Waals surface area contributed by atoms with Gasteiger partial charge in [-0.2, -0.15) is 0 Å². The third-order valence-corrected chi connectivity index (χ3v) is 13.4. The van der Waals surface area contributed by atoms with Crippen molar-refractivity contribution < 1.29 is 4.42 Å². The molecule has 13 rings (SSSR count). The van der Waals surface area contributed by atoms with Gasteiger partial charge in [0.15, 0.2) is 0 Å². The molecule has 0 saturated carbocycles. The lowest BCUT2D eigenvalue weighted by Gasteiger charge is -2.30. The Labute approximate surface area is 388 Å². The average Bonchev–Trinajstić information content (AvgIpc) is 3.94. The zero-order chi connectivity index (χ0) is 44.3. The maximum Gasteiger partial charge on any atom is 0.136 e. The van der Waals surface area contributed by atoms with Crippen molar-refractivity contribution in [2.45, 2.75) is 0 Å². The van der Waals surface area contributed by atoms with Gasteiger partial charge in [0.25, 0.3) is 0 Å². The predicted molar refractivity (Wildman–Crippen MR) is 282 cm³/mol. The molecule has 3 nitrogen and oxygen atoms in total. The molecule has 0 amide bonds. The van der Waals surface area contributed by atoms with Gasteiger partial charge < -0.3 is 13.9 Å². The quantitative estimate of drug-likeness (QED) is 0.152. The molecule has 0 bridgehead atoms. The fraction of sp³-hybridized carbons (Fsp3) is 0. The van der Waals surface area contributed by atoms with Crippen LogP contribution in [-0.2, 0) is 0 Å². The summed E-state index contributed by atoms with van der Waals surface area (Å²) < 4.78 is 8.71. The van der Waals surface area contributed by atoms with Crippen LogP contribution in [0.15, 0.2) is 259 Å². The van der Waals surface area contributed by atoms with Gasteiger partial charge in [-0.3, -0.25) is 0 Å². The number of anilines is 3. The Morgan fingerprint density at radius 3 is 1.70 bits per heavy atom. The van der Waals surface area contributed by atoms with Crippen LogP contribution in [0.1, 0.15) is 0 Å². The molecule has 0 saturated heterocycles. The first-order valence-corrected chi connectivity index (χ1v) is 22.9. The predicted octanol–water partition coefficient (Wildman–Crippen LogP) is 18.0. The molecule has 0 N–H and O–H groups in total. The minimum atomic E-state index is 0.890. The van der Waals surface area contributed by atoms with Crippen LogP contribution in [0.4, 0.5) is 17.1 Å². The summed E-state index contributed by atoms with van der Waals surface area (Å²) in [6.07, 6.45) is 0. The Hall–Kier alpha value is -8.92. The lowest BCUT2D eigenvalue weighted by molar-refractivity contribution is 0.669. The largest absolute Gasteiger partial charge is 0.456 e. The Kier molecular flexibility index (Phi) is 9.17. The van der Waals surface area contributed by atoms with E-state index in [0.717, 1.165) is 72.5 Å². The molecule has 2 aromatic heterocycles. The Morgan fingerprint density at radius 1 is 0.313 bits per heavy atom. The average molecular weight is 855 g/mol. The third kappa shape index (κ3) is 6.51. The fourth-order valence-electron chi connectivity index (χ4n) is 10.3. The second kappa shape index (κ2) is 16.0. The number of benzene rings is 11. The van der Waals surface area contributed by atoms with E-state index in [-0.39, 0.29) is 0 Å². The number of furan rings is 1. The molecule has 67 heavy (non-hydrogen) atoms. The molecule has 2 heterocycles. The van der Waals surface area contributed by atoms with Crippen molar-refractivity contribution in [2.24, 2.45) is 0 Å². The second-order valence-electron chi connectivity index (χ2n) is 17.2. The molecule has 0 atom stereocenters. The van der Waals surface area contributed by atoms with E-state index in [1.807, 2.05) is 12.1 Å². The van der Waals surface area contributed by atoms with Gasteiger partial charge in [-0.15, -0.1) is 0 Å². The molecule has 0 unspecified atom stereocenters. The van der Waals surface area contributed by atoms with E-state index >= 15 is 0 Å². The maximum absolute atomic E-state index is 6.33. The summed E-state index contributed by atoms with van der Waals surface area (Å²) in [6, 6.07) is 92.1. The third-order valence-electron chi connectivity index (χ3n) is 13.4. The van der Waals surface area contributed by atoms with Crippen molar-refractivity contribution in [1.82, 2.24) is 4.57 Å². The highest BCUT2D eigenvalue weighted by atomic mass is 16.3. The van der Waals surface area contributed by atoms with Crippen LogP contribution in [0, 0.1) is 0 Å². The maximum atomic E-state index is 6.33. The summed E-state index contributed by atoms with van der Waals surface area (Å²) in [6.45, 7) is 0. The van der Waals surface area contributed by atoms with Crippen molar-refractivity contribution >= 4 is 71.6 Å². The molecule has 13 aromatic rings. The van der Waals surface area contributed by atoms with E-state index in [9.17, 15) is 0 Å². The highest BCUT2D eigenvalue weighted by molar-refractivity contribution is 6.12. The second-order valence-corrected chi connectivity index (χ2v) is 17.2. The Balaban J connectivity index is 1.01. The number of para-hydroxylation sites is 5. The van der Waals surface area contributed by atoms with Gasteiger partial charge in [0.2, 0.25) is 0 Å². The Morgan fingerprint density at radius 2 is 0.896 bits per heavy atom. The summed E-state index contributed by atoms with van der Waals surface area (Å²) in [5, 5.41) is 7.14. The van der Waals surface area contributed by atoms with Crippen LogP contribution >= 0.6 is 0 Å². The van der Waals surface area contributed by atoms with Gasteiger partial charge in [0.1, 0.15) is 11.2 Å². The van der Waals surface area contributed by atoms with Gasteiger partial charge >= 0.3 is 0 Å². The number of hydrogen-bond acceptors (Lipinski definition) is 2. The fourth-order valence-corrected chi connectivity index (χ4v) is 10.3. The minimum absolute atomic E-state index is 0.890. The van der Waals surface area contributed by atoms with Crippen LogP contribution in [0.25, 0.3) is 105 Å². The molecule has 0 fully saturated rings. The zero-order valence-electron chi connectivity index (χ0n) is 36.6. The number of rotatable bonds is 8. The molecule has 0 aliphatic carbocycles.